The Morgan fingerprint density at radius 1 is 1.12 bits per heavy atom. The highest BCUT2D eigenvalue weighted by atomic mass is 79.9. The van der Waals surface area contributed by atoms with E-state index in [0.717, 1.165) is 0 Å². The van der Waals surface area contributed by atoms with Crippen LogP contribution in [0.4, 0.5) is 0 Å². The zero-order chi connectivity index (χ0) is 12.3. The molecule has 0 amide bonds. The lowest BCUT2D eigenvalue weighted by Crippen LogP contribution is -2.08. The van der Waals surface area contributed by atoms with Crippen LogP contribution in [0.1, 0.15) is 45.6 Å². The Kier molecular flexibility index (Phi) is 4.27. The summed E-state index contributed by atoms with van der Waals surface area (Å²) in [4.78, 5) is 0. The first-order valence-electron chi connectivity index (χ1n) is 6.53. The topological polar surface area (TPSA) is 4.93 Å². The molecular formula is C15H20BrN. The summed E-state index contributed by atoms with van der Waals surface area (Å²) in [6, 6.07) is 11.5. The third-order valence-electron chi connectivity index (χ3n) is 3.31. The smallest absolute Gasteiger partial charge is 0.0860 e. The zero-order valence-electron chi connectivity index (χ0n) is 10.6. The molecule has 92 valence electrons. The molecule has 0 bridgehead atoms. The Hall–Kier alpha value is -0.760. The van der Waals surface area contributed by atoms with Gasteiger partial charge in [-0.2, -0.15) is 0 Å². The maximum Gasteiger partial charge on any atom is 0.0860 e. The van der Waals surface area contributed by atoms with Gasteiger partial charge < -0.3 is 4.57 Å². The second-order valence-corrected chi connectivity index (χ2v) is 5.44. The van der Waals surface area contributed by atoms with Crippen LogP contribution in [0.5, 0.6) is 0 Å². The summed E-state index contributed by atoms with van der Waals surface area (Å²) in [6.45, 7) is 4.53. The van der Waals surface area contributed by atoms with Crippen molar-refractivity contribution >= 4 is 26.8 Å². The summed E-state index contributed by atoms with van der Waals surface area (Å²) in [5, 5.41) is 1.33. The average molecular weight is 294 g/mol. The predicted molar refractivity (Wildman–Crippen MR) is 78.5 cm³/mol. The molecule has 0 aliphatic heterocycles. The number of benzene rings is 1. The minimum atomic E-state index is 0.624. The fraction of sp³-hybridized carbons (Fsp3) is 0.467. The highest BCUT2D eigenvalue weighted by Gasteiger charge is 2.14. The van der Waals surface area contributed by atoms with Crippen LogP contribution in [0, 0.1) is 0 Å². The van der Waals surface area contributed by atoms with Gasteiger partial charge in [-0.15, -0.1) is 0 Å². The van der Waals surface area contributed by atoms with Crippen molar-refractivity contribution in [3.05, 3.63) is 34.9 Å². The van der Waals surface area contributed by atoms with Crippen LogP contribution in [0.3, 0.4) is 0 Å². The second kappa shape index (κ2) is 5.72. The van der Waals surface area contributed by atoms with Crippen LogP contribution < -0.4 is 0 Å². The Bertz CT molecular complexity index is 481. The van der Waals surface area contributed by atoms with E-state index in [1.807, 2.05) is 0 Å². The molecule has 1 heterocycles. The molecule has 1 nitrogen and oxygen atoms in total. The van der Waals surface area contributed by atoms with E-state index in [4.69, 9.17) is 0 Å². The Morgan fingerprint density at radius 2 is 1.76 bits per heavy atom. The Morgan fingerprint density at radius 3 is 2.41 bits per heavy atom. The van der Waals surface area contributed by atoms with E-state index >= 15 is 0 Å². The summed E-state index contributed by atoms with van der Waals surface area (Å²) in [7, 11) is 0. The number of fused-ring (bicyclic) bond motifs is 1. The summed E-state index contributed by atoms with van der Waals surface area (Å²) >= 11 is 3.71. The molecule has 0 aliphatic carbocycles. The Labute approximate surface area is 112 Å². The van der Waals surface area contributed by atoms with Crippen molar-refractivity contribution in [2.75, 3.05) is 0 Å². The molecule has 0 saturated heterocycles. The molecule has 0 aliphatic rings. The fourth-order valence-corrected chi connectivity index (χ4v) is 3.31. The number of aromatic nitrogens is 1. The second-order valence-electron chi connectivity index (χ2n) is 4.63. The van der Waals surface area contributed by atoms with E-state index in [-0.39, 0.29) is 0 Å². The highest BCUT2D eigenvalue weighted by molar-refractivity contribution is 9.10. The van der Waals surface area contributed by atoms with Crippen LogP contribution >= 0.6 is 15.9 Å². The molecule has 0 radical (unpaired) electrons. The Balaban J connectivity index is 2.47. The van der Waals surface area contributed by atoms with E-state index in [0.29, 0.717) is 6.04 Å². The highest BCUT2D eigenvalue weighted by Crippen LogP contribution is 2.32. The van der Waals surface area contributed by atoms with Gasteiger partial charge in [0.05, 0.1) is 4.60 Å². The van der Waals surface area contributed by atoms with Gasteiger partial charge in [0, 0.05) is 16.9 Å². The third kappa shape index (κ3) is 2.57. The zero-order valence-corrected chi connectivity index (χ0v) is 12.2. The van der Waals surface area contributed by atoms with Crippen molar-refractivity contribution in [1.82, 2.24) is 4.57 Å². The minimum Gasteiger partial charge on any atom is -0.332 e. The van der Waals surface area contributed by atoms with Crippen LogP contribution in [0.2, 0.25) is 0 Å². The molecule has 0 saturated carbocycles. The number of rotatable bonds is 5. The fourth-order valence-electron chi connectivity index (χ4n) is 2.58. The molecule has 2 heteroatoms. The number of halogens is 1. The minimum absolute atomic E-state index is 0.624. The molecule has 2 rings (SSSR count). The van der Waals surface area contributed by atoms with Crippen molar-refractivity contribution in [2.45, 2.75) is 45.6 Å². The van der Waals surface area contributed by atoms with E-state index in [2.05, 4.69) is 64.7 Å². The predicted octanol–water partition coefficient (Wildman–Crippen LogP) is 5.55. The SMILES string of the molecule is CCCC(CCC)n1c(Br)cc2ccccc21. The lowest BCUT2D eigenvalue weighted by atomic mass is 10.1. The van der Waals surface area contributed by atoms with Gasteiger partial charge >= 0.3 is 0 Å². The molecule has 17 heavy (non-hydrogen) atoms. The van der Waals surface area contributed by atoms with Crippen LogP contribution in [-0.4, -0.2) is 4.57 Å². The standard InChI is InChI=1S/C15H20BrN/c1-3-7-13(8-4-2)17-14-10-6-5-9-12(14)11-15(17)16/h5-6,9-11,13H,3-4,7-8H2,1-2H3. The lowest BCUT2D eigenvalue weighted by molar-refractivity contribution is 0.432. The molecular weight excluding hydrogens is 274 g/mol. The lowest BCUT2D eigenvalue weighted by Gasteiger charge is -2.20. The number of nitrogens with zero attached hydrogens (tertiary/aromatic N) is 1. The number of hydrogen-bond donors (Lipinski definition) is 0. The summed E-state index contributed by atoms with van der Waals surface area (Å²) in [5.74, 6) is 0. The van der Waals surface area contributed by atoms with Crippen LogP contribution in [-0.2, 0) is 0 Å². The van der Waals surface area contributed by atoms with Gasteiger partial charge in [-0.05, 0) is 40.9 Å². The van der Waals surface area contributed by atoms with Crippen LogP contribution in [0.15, 0.2) is 34.9 Å². The molecule has 0 spiro atoms. The van der Waals surface area contributed by atoms with Crippen molar-refractivity contribution in [1.29, 1.82) is 0 Å². The quantitative estimate of drug-likeness (QED) is 0.681. The van der Waals surface area contributed by atoms with Gasteiger partial charge in [0.25, 0.3) is 0 Å². The third-order valence-corrected chi connectivity index (χ3v) is 3.92. The van der Waals surface area contributed by atoms with E-state index < -0.39 is 0 Å². The van der Waals surface area contributed by atoms with Gasteiger partial charge in [0.2, 0.25) is 0 Å². The van der Waals surface area contributed by atoms with Crippen LogP contribution in [0.25, 0.3) is 10.9 Å². The average Bonchev–Trinajstić information content (AvgIpc) is 2.64. The van der Waals surface area contributed by atoms with Crippen molar-refractivity contribution < 1.29 is 0 Å². The first-order chi connectivity index (χ1) is 8.27. The maximum absolute atomic E-state index is 3.71. The van der Waals surface area contributed by atoms with E-state index in [1.54, 1.807) is 0 Å². The van der Waals surface area contributed by atoms with Crippen molar-refractivity contribution in [3.8, 4) is 0 Å². The molecule has 0 N–H and O–H groups in total. The molecule has 0 fully saturated rings. The molecule has 2 aromatic rings. The first kappa shape index (κ1) is 12.7. The van der Waals surface area contributed by atoms with E-state index in [1.165, 1.54) is 41.2 Å². The summed E-state index contributed by atoms with van der Waals surface area (Å²) < 4.78 is 3.67. The first-order valence-corrected chi connectivity index (χ1v) is 7.32. The monoisotopic (exact) mass is 293 g/mol. The summed E-state index contributed by atoms with van der Waals surface area (Å²) in [5.41, 5.74) is 1.35. The maximum atomic E-state index is 3.71. The summed E-state index contributed by atoms with van der Waals surface area (Å²) in [6.07, 6.45) is 4.99. The van der Waals surface area contributed by atoms with Crippen molar-refractivity contribution in [3.63, 3.8) is 0 Å². The molecule has 0 unspecified atom stereocenters. The van der Waals surface area contributed by atoms with Gasteiger partial charge in [0.1, 0.15) is 0 Å². The number of hydrogen-bond acceptors (Lipinski definition) is 0. The largest absolute Gasteiger partial charge is 0.332 e. The van der Waals surface area contributed by atoms with Gasteiger partial charge in [-0.1, -0.05) is 44.9 Å². The van der Waals surface area contributed by atoms with Crippen molar-refractivity contribution in [2.24, 2.45) is 0 Å². The van der Waals surface area contributed by atoms with Gasteiger partial charge in [-0.25, -0.2) is 0 Å². The number of para-hydroxylation sites is 1. The molecule has 1 aromatic carbocycles. The van der Waals surface area contributed by atoms with E-state index in [9.17, 15) is 0 Å². The normalized spacial score (nSPS) is 11.5. The molecule has 1 aromatic heterocycles. The van der Waals surface area contributed by atoms with Gasteiger partial charge in [-0.3, -0.25) is 0 Å². The van der Waals surface area contributed by atoms with Gasteiger partial charge in [0.15, 0.2) is 0 Å². The molecule has 0 atom stereocenters.